The first-order valence-corrected chi connectivity index (χ1v) is 4.67. The smallest absolute Gasteiger partial charge is 0.164 e. The zero-order chi connectivity index (χ0) is 8.34. The zero-order valence-electron chi connectivity index (χ0n) is 7.45. The molecule has 3 saturated heterocycles. The molecule has 4 atom stereocenters. The Morgan fingerprint density at radius 2 is 1.50 bits per heavy atom. The minimum absolute atomic E-state index is 0.207. The van der Waals surface area contributed by atoms with Crippen LogP contribution in [0.2, 0.25) is 0 Å². The highest BCUT2D eigenvalue weighted by Crippen LogP contribution is 2.45. The predicted octanol–water partition coefficient (Wildman–Crippen LogP) is 1.07. The van der Waals surface area contributed by atoms with E-state index < -0.39 is 0 Å². The Balaban J connectivity index is 1.87. The summed E-state index contributed by atoms with van der Waals surface area (Å²) < 4.78 is 17.2. The molecule has 0 radical (unpaired) electrons. The van der Waals surface area contributed by atoms with Gasteiger partial charge in [-0.2, -0.15) is 0 Å². The van der Waals surface area contributed by atoms with E-state index in [4.69, 9.17) is 14.2 Å². The Bertz CT molecular complexity index is 194. The largest absolute Gasteiger partial charge is 0.369 e. The van der Waals surface area contributed by atoms with Crippen molar-refractivity contribution in [3.8, 4) is 0 Å². The van der Waals surface area contributed by atoms with E-state index in [-0.39, 0.29) is 18.0 Å². The summed E-state index contributed by atoms with van der Waals surface area (Å²) in [6.45, 7) is 3.95. The molecular weight excluding hydrogens is 156 g/mol. The van der Waals surface area contributed by atoms with E-state index in [2.05, 4.69) is 0 Å². The van der Waals surface area contributed by atoms with Crippen LogP contribution in [0.3, 0.4) is 0 Å². The van der Waals surface area contributed by atoms with Gasteiger partial charge in [-0.3, -0.25) is 0 Å². The first kappa shape index (κ1) is 7.30. The van der Waals surface area contributed by atoms with Crippen LogP contribution in [0.5, 0.6) is 0 Å². The highest BCUT2D eigenvalue weighted by Gasteiger charge is 2.57. The molecule has 0 spiro atoms. The van der Waals surface area contributed by atoms with Gasteiger partial charge in [0.25, 0.3) is 0 Å². The molecule has 3 rings (SSSR count). The topological polar surface area (TPSA) is 27.7 Å². The van der Waals surface area contributed by atoms with Gasteiger partial charge in [-0.15, -0.1) is 0 Å². The monoisotopic (exact) mass is 170 g/mol. The van der Waals surface area contributed by atoms with Gasteiger partial charge in [0.1, 0.15) is 12.2 Å². The minimum Gasteiger partial charge on any atom is -0.369 e. The van der Waals surface area contributed by atoms with Gasteiger partial charge in [0, 0.05) is 0 Å². The third-order valence-electron chi connectivity index (χ3n) is 2.98. The van der Waals surface area contributed by atoms with Gasteiger partial charge in [0.05, 0.1) is 12.2 Å². The SMILES string of the molecule is CC1(C)OC2C3CCC(O3)C2O1. The quantitative estimate of drug-likeness (QED) is 0.544. The van der Waals surface area contributed by atoms with E-state index >= 15 is 0 Å². The maximum atomic E-state index is 5.76. The summed E-state index contributed by atoms with van der Waals surface area (Å²) in [7, 11) is 0. The van der Waals surface area contributed by atoms with Crippen molar-refractivity contribution in [1.82, 2.24) is 0 Å². The maximum absolute atomic E-state index is 5.76. The molecule has 3 fully saturated rings. The zero-order valence-corrected chi connectivity index (χ0v) is 7.45. The maximum Gasteiger partial charge on any atom is 0.164 e. The van der Waals surface area contributed by atoms with Crippen LogP contribution >= 0.6 is 0 Å². The Kier molecular flexibility index (Phi) is 1.23. The van der Waals surface area contributed by atoms with Crippen LogP contribution in [0.25, 0.3) is 0 Å². The normalized spacial score (nSPS) is 54.5. The van der Waals surface area contributed by atoms with Crippen LogP contribution in [-0.2, 0) is 14.2 Å². The first-order valence-electron chi connectivity index (χ1n) is 4.67. The predicted molar refractivity (Wildman–Crippen MR) is 41.7 cm³/mol. The molecule has 0 aromatic heterocycles. The molecule has 0 aromatic rings. The number of hydrogen-bond donors (Lipinski definition) is 0. The number of fused-ring (bicyclic) bond motifs is 5. The van der Waals surface area contributed by atoms with Crippen LogP contribution < -0.4 is 0 Å². The lowest BCUT2D eigenvalue weighted by atomic mass is 9.95. The van der Waals surface area contributed by atoms with Crippen LogP contribution in [0, 0.1) is 0 Å². The second kappa shape index (κ2) is 2.03. The molecule has 3 aliphatic heterocycles. The highest BCUT2D eigenvalue weighted by atomic mass is 16.8. The van der Waals surface area contributed by atoms with E-state index in [0.717, 1.165) is 12.8 Å². The van der Waals surface area contributed by atoms with E-state index in [9.17, 15) is 0 Å². The van der Waals surface area contributed by atoms with Gasteiger partial charge in [-0.05, 0) is 26.7 Å². The van der Waals surface area contributed by atoms with Crippen molar-refractivity contribution in [3.05, 3.63) is 0 Å². The fourth-order valence-corrected chi connectivity index (χ4v) is 2.56. The average molecular weight is 170 g/mol. The molecule has 3 nitrogen and oxygen atoms in total. The number of hydrogen-bond acceptors (Lipinski definition) is 3. The highest BCUT2D eigenvalue weighted by molar-refractivity contribution is 5.02. The Morgan fingerprint density at radius 3 is 2.00 bits per heavy atom. The molecule has 0 saturated carbocycles. The van der Waals surface area contributed by atoms with E-state index in [1.807, 2.05) is 13.8 Å². The van der Waals surface area contributed by atoms with Crippen molar-refractivity contribution in [3.63, 3.8) is 0 Å². The summed E-state index contributed by atoms with van der Waals surface area (Å²) in [5.41, 5.74) is 0. The van der Waals surface area contributed by atoms with Crippen molar-refractivity contribution in [2.45, 2.75) is 56.9 Å². The Morgan fingerprint density at radius 1 is 1.00 bits per heavy atom. The molecule has 4 unspecified atom stereocenters. The average Bonchev–Trinajstić information content (AvgIpc) is 2.54. The van der Waals surface area contributed by atoms with Crippen molar-refractivity contribution >= 4 is 0 Å². The van der Waals surface area contributed by atoms with Crippen LogP contribution in [0.1, 0.15) is 26.7 Å². The van der Waals surface area contributed by atoms with Crippen LogP contribution in [-0.4, -0.2) is 30.2 Å². The van der Waals surface area contributed by atoms with Crippen molar-refractivity contribution < 1.29 is 14.2 Å². The van der Waals surface area contributed by atoms with Gasteiger partial charge < -0.3 is 14.2 Å². The summed E-state index contributed by atoms with van der Waals surface area (Å²) in [6, 6.07) is 0. The lowest BCUT2D eigenvalue weighted by Crippen LogP contribution is -2.33. The molecule has 2 bridgehead atoms. The van der Waals surface area contributed by atoms with Gasteiger partial charge in [-0.25, -0.2) is 0 Å². The summed E-state index contributed by atoms with van der Waals surface area (Å²) in [5.74, 6) is -0.389. The standard InChI is InChI=1S/C9H14O3/c1-9(2)11-7-5-3-4-6(10-5)8(7)12-9/h5-8H,3-4H2,1-2H3. The molecule has 0 aromatic carbocycles. The molecular formula is C9H14O3. The minimum atomic E-state index is -0.389. The molecule has 12 heavy (non-hydrogen) atoms. The molecule has 3 heteroatoms. The summed E-state index contributed by atoms with van der Waals surface area (Å²) in [6.07, 6.45) is 3.32. The van der Waals surface area contributed by atoms with E-state index in [1.165, 1.54) is 0 Å². The third kappa shape index (κ3) is 0.817. The van der Waals surface area contributed by atoms with Crippen LogP contribution in [0.15, 0.2) is 0 Å². The van der Waals surface area contributed by atoms with Gasteiger partial charge in [-0.1, -0.05) is 0 Å². The molecule has 68 valence electrons. The third-order valence-corrected chi connectivity index (χ3v) is 2.98. The van der Waals surface area contributed by atoms with E-state index in [0.29, 0.717) is 12.2 Å². The van der Waals surface area contributed by atoms with Crippen molar-refractivity contribution in [1.29, 1.82) is 0 Å². The fourth-order valence-electron chi connectivity index (χ4n) is 2.56. The van der Waals surface area contributed by atoms with Crippen molar-refractivity contribution in [2.24, 2.45) is 0 Å². The molecule has 0 amide bonds. The molecule has 3 aliphatic rings. The Hall–Kier alpha value is -0.120. The van der Waals surface area contributed by atoms with Crippen LogP contribution in [0.4, 0.5) is 0 Å². The first-order chi connectivity index (χ1) is 5.66. The summed E-state index contributed by atoms with van der Waals surface area (Å²) in [5, 5.41) is 0. The summed E-state index contributed by atoms with van der Waals surface area (Å²) in [4.78, 5) is 0. The summed E-state index contributed by atoms with van der Waals surface area (Å²) >= 11 is 0. The lowest BCUT2D eigenvalue weighted by molar-refractivity contribution is -0.177. The molecule has 0 aliphatic carbocycles. The number of ether oxygens (including phenoxy) is 3. The fraction of sp³-hybridized carbons (Fsp3) is 1.00. The molecule has 0 N–H and O–H groups in total. The Labute approximate surface area is 72.0 Å². The van der Waals surface area contributed by atoms with Gasteiger partial charge in [0.2, 0.25) is 0 Å². The lowest BCUT2D eigenvalue weighted by Gasteiger charge is -2.19. The van der Waals surface area contributed by atoms with Gasteiger partial charge in [0.15, 0.2) is 5.79 Å². The number of rotatable bonds is 0. The van der Waals surface area contributed by atoms with E-state index in [1.54, 1.807) is 0 Å². The second-order valence-corrected chi connectivity index (χ2v) is 4.36. The van der Waals surface area contributed by atoms with Crippen molar-refractivity contribution in [2.75, 3.05) is 0 Å². The van der Waals surface area contributed by atoms with Gasteiger partial charge >= 0.3 is 0 Å². The molecule has 3 heterocycles. The second-order valence-electron chi connectivity index (χ2n) is 4.36.